The number of anilines is 1. The molecule has 5 aliphatic rings. The minimum Gasteiger partial charge on any atom is -0.480 e. The summed E-state index contributed by atoms with van der Waals surface area (Å²) in [6.45, 7) is 0.714. The number of nitrogens with zero attached hydrogens (tertiary/aromatic N) is 2. The third-order valence-corrected chi connectivity index (χ3v) is 10.6. The van der Waals surface area contributed by atoms with Crippen molar-refractivity contribution in [1.29, 1.82) is 0 Å². The van der Waals surface area contributed by atoms with Gasteiger partial charge in [0.15, 0.2) is 5.78 Å². The molecule has 2 aromatic carbocycles. The number of Topliss-reactive ketones (excluding diaryl/α,β-unsaturated/α-hetero) is 1. The summed E-state index contributed by atoms with van der Waals surface area (Å²) < 4.78 is 0. The summed E-state index contributed by atoms with van der Waals surface area (Å²) in [6.07, 6.45) is 6.54. The maximum absolute atomic E-state index is 15.1. The molecule has 4 bridgehead atoms. The number of amides is 3. The average Bonchev–Trinajstić information content (AvgIpc) is 3.00. The van der Waals surface area contributed by atoms with E-state index in [2.05, 4.69) is 5.32 Å². The number of carbonyl (C=O) groups excluding carboxylic acids is 4. The first kappa shape index (κ1) is 30.3. The maximum atomic E-state index is 15.1. The molecule has 9 nitrogen and oxygen atoms in total. The van der Waals surface area contributed by atoms with Gasteiger partial charge >= 0.3 is 5.97 Å². The number of hydrogen-bond acceptors (Lipinski definition) is 5. The van der Waals surface area contributed by atoms with E-state index in [1.54, 1.807) is 41.3 Å². The van der Waals surface area contributed by atoms with E-state index in [0.717, 1.165) is 19.3 Å². The normalized spacial score (nSPS) is 29.5. The van der Waals surface area contributed by atoms with E-state index in [1.165, 1.54) is 31.1 Å². The van der Waals surface area contributed by atoms with E-state index in [9.17, 15) is 24.3 Å². The number of carboxylic acids is 1. The Kier molecular flexibility index (Phi) is 8.26. The molecule has 2 aromatic rings. The number of rotatable bonds is 7. The highest BCUT2D eigenvalue weighted by atomic mass is 35.5. The number of fused-ring (bicyclic) bond motifs is 1. The Morgan fingerprint density at radius 2 is 1.57 bits per heavy atom. The first-order chi connectivity index (χ1) is 21.0. The number of aliphatic carboxylic acids is 1. The Morgan fingerprint density at radius 1 is 0.955 bits per heavy atom. The van der Waals surface area contributed by atoms with Gasteiger partial charge in [-0.25, -0.2) is 0 Å². The molecule has 2 atom stereocenters. The van der Waals surface area contributed by atoms with Crippen LogP contribution in [0.3, 0.4) is 0 Å². The van der Waals surface area contributed by atoms with Gasteiger partial charge in [-0.1, -0.05) is 41.9 Å². The molecule has 1 aliphatic heterocycles. The monoisotopic (exact) mass is 619 g/mol. The van der Waals surface area contributed by atoms with Crippen LogP contribution in [0, 0.1) is 23.2 Å². The molecule has 4 saturated carbocycles. The van der Waals surface area contributed by atoms with Gasteiger partial charge in [0.25, 0.3) is 0 Å². The minimum atomic E-state index is -1.35. The zero-order valence-corrected chi connectivity index (χ0v) is 25.6. The van der Waals surface area contributed by atoms with Crippen molar-refractivity contribution in [1.82, 2.24) is 10.2 Å². The van der Waals surface area contributed by atoms with Crippen molar-refractivity contribution in [3.8, 4) is 0 Å². The third-order valence-electron chi connectivity index (χ3n) is 10.3. The molecule has 4 fully saturated rings. The molecule has 2 N–H and O–H groups in total. The van der Waals surface area contributed by atoms with Gasteiger partial charge in [-0.2, -0.15) is 0 Å². The van der Waals surface area contributed by atoms with E-state index in [-0.39, 0.29) is 29.9 Å². The smallest absolute Gasteiger partial charge is 0.322 e. The summed E-state index contributed by atoms with van der Waals surface area (Å²) in [5.41, 5.74) is 1.18. The zero-order chi connectivity index (χ0) is 31.2. The molecule has 4 aliphatic carbocycles. The maximum Gasteiger partial charge on any atom is 0.322 e. The van der Waals surface area contributed by atoms with E-state index in [1.807, 2.05) is 12.1 Å². The Balaban J connectivity index is 1.49. The molecule has 0 saturated heterocycles. The van der Waals surface area contributed by atoms with E-state index in [4.69, 9.17) is 11.6 Å². The second kappa shape index (κ2) is 12.0. The highest BCUT2D eigenvalue weighted by Crippen LogP contribution is 2.62. The van der Waals surface area contributed by atoms with Gasteiger partial charge in [0, 0.05) is 23.9 Å². The predicted molar refractivity (Wildman–Crippen MR) is 164 cm³/mol. The quantitative estimate of drug-likeness (QED) is 0.457. The van der Waals surface area contributed by atoms with Crippen LogP contribution in [0.4, 0.5) is 5.69 Å². The lowest BCUT2D eigenvalue weighted by atomic mass is 9.48. The average molecular weight is 620 g/mol. The predicted octanol–water partition coefficient (Wildman–Crippen LogP) is 4.85. The van der Waals surface area contributed by atoms with Crippen molar-refractivity contribution < 1.29 is 29.1 Å². The van der Waals surface area contributed by atoms with Crippen molar-refractivity contribution in [2.24, 2.45) is 23.2 Å². The first-order valence-corrected chi connectivity index (χ1v) is 15.9. The van der Waals surface area contributed by atoms with Crippen molar-refractivity contribution >= 4 is 46.8 Å². The number of nitrogens with one attached hydrogen (secondary N) is 1. The van der Waals surface area contributed by atoms with Crippen molar-refractivity contribution in [2.75, 3.05) is 11.4 Å². The molecule has 1 heterocycles. The number of hydrogen-bond donors (Lipinski definition) is 2. The first-order valence-electron chi connectivity index (χ1n) is 15.5. The van der Waals surface area contributed by atoms with Gasteiger partial charge in [-0.05, 0) is 91.9 Å². The highest BCUT2D eigenvalue weighted by Gasteiger charge is 2.54. The molecular weight excluding hydrogens is 582 g/mol. The molecule has 0 spiro atoms. The van der Waals surface area contributed by atoms with Crippen LogP contribution in [-0.2, 0) is 25.7 Å². The summed E-state index contributed by atoms with van der Waals surface area (Å²) in [4.78, 5) is 70.4. The number of para-hydroxylation sites is 1. The van der Waals surface area contributed by atoms with Gasteiger partial charge in [0.1, 0.15) is 18.6 Å². The van der Waals surface area contributed by atoms with Crippen molar-refractivity contribution in [2.45, 2.75) is 76.9 Å². The third kappa shape index (κ3) is 5.86. The van der Waals surface area contributed by atoms with E-state index < -0.39 is 42.2 Å². The molecule has 0 unspecified atom stereocenters. The molecule has 232 valence electrons. The van der Waals surface area contributed by atoms with Gasteiger partial charge in [0.05, 0.1) is 12.2 Å². The summed E-state index contributed by atoms with van der Waals surface area (Å²) in [5, 5.41) is 12.1. The van der Waals surface area contributed by atoms with Gasteiger partial charge in [0.2, 0.25) is 17.7 Å². The lowest BCUT2D eigenvalue weighted by Gasteiger charge is -2.58. The fourth-order valence-corrected chi connectivity index (χ4v) is 9.19. The van der Waals surface area contributed by atoms with Crippen LogP contribution in [-0.4, -0.2) is 58.1 Å². The Hall–Kier alpha value is -3.72. The second-order valence-electron chi connectivity index (χ2n) is 13.4. The molecule has 0 aromatic heterocycles. The van der Waals surface area contributed by atoms with Gasteiger partial charge in [-0.3, -0.25) is 24.0 Å². The molecule has 44 heavy (non-hydrogen) atoms. The molecule has 0 radical (unpaired) electrons. The lowest BCUT2D eigenvalue weighted by molar-refractivity contribution is -0.150. The summed E-state index contributed by atoms with van der Waals surface area (Å²) in [6, 6.07) is 11.6. The standard InChI is InChI=1S/C34H38ClN3O6/c1-20(39)38-28(32(43)36-18-31(41)42)13-30(40)25-7-3-5-9-27(25)37(19-24-6-2-4-8-26(24)35)33(44)29(38)17-34-14-21-10-22(15-34)12-23(11-21)16-34/h2-9,21-23,28-29H,10-19H2,1H3,(H,36,43)(H,41,42)/t21?,22?,23?,28-,29+,34?/m0/s1. The van der Waals surface area contributed by atoms with Crippen molar-refractivity contribution in [3.63, 3.8) is 0 Å². The van der Waals surface area contributed by atoms with E-state index >= 15 is 4.79 Å². The lowest BCUT2D eigenvalue weighted by Crippen LogP contribution is -2.60. The summed E-state index contributed by atoms with van der Waals surface area (Å²) >= 11 is 6.57. The Morgan fingerprint density at radius 3 is 2.18 bits per heavy atom. The summed E-state index contributed by atoms with van der Waals surface area (Å²) in [7, 11) is 0. The Bertz CT molecular complexity index is 1470. The highest BCUT2D eigenvalue weighted by molar-refractivity contribution is 6.31. The molecule has 3 amide bonds. The molecule has 7 rings (SSSR count). The number of benzene rings is 2. The van der Waals surface area contributed by atoms with Crippen LogP contribution in [0.5, 0.6) is 0 Å². The second-order valence-corrected chi connectivity index (χ2v) is 13.8. The zero-order valence-electron chi connectivity index (χ0n) is 24.8. The van der Waals surface area contributed by atoms with Crippen molar-refractivity contribution in [3.05, 3.63) is 64.7 Å². The van der Waals surface area contributed by atoms with Crippen LogP contribution in [0.15, 0.2) is 48.5 Å². The fraction of sp³-hybridized carbons (Fsp3) is 0.500. The summed E-state index contributed by atoms with van der Waals surface area (Å²) in [5.74, 6) is -1.56. The van der Waals surface area contributed by atoms with Crippen LogP contribution in [0.2, 0.25) is 5.02 Å². The SMILES string of the molecule is CC(=O)N1[C@H](CC23CC4CC(CC(C4)C2)C3)C(=O)N(Cc2ccccc2Cl)c2ccccc2C(=O)C[C@H]1C(=O)NCC(=O)O. The minimum absolute atomic E-state index is 0.0712. The number of ketones is 1. The fourth-order valence-electron chi connectivity index (χ4n) is 9.00. The number of carbonyl (C=O) groups is 5. The Labute approximate surface area is 261 Å². The van der Waals surface area contributed by atoms with Crippen LogP contribution < -0.4 is 10.2 Å². The van der Waals surface area contributed by atoms with Gasteiger partial charge < -0.3 is 20.2 Å². The topological polar surface area (TPSA) is 124 Å². The van der Waals surface area contributed by atoms with E-state index in [0.29, 0.717) is 40.4 Å². The van der Waals surface area contributed by atoms with Crippen LogP contribution in [0.25, 0.3) is 0 Å². The largest absolute Gasteiger partial charge is 0.480 e. The van der Waals surface area contributed by atoms with Crippen LogP contribution in [0.1, 0.15) is 74.2 Å². The molecular formula is C34H38ClN3O6. The van der Waals surface area contributed by atoms with Crippen LogP contribution >= 0.6 is 11.6 Å². The number of carboxylic acid groups (broad SMARTS) is 1. The molecule has 10 heteroatoms. The number of halogens is 1. The van der Waals surface area contributed by atoms with Gasteiger partial charge in [-0.15, -0.1) is 0 Å².